The fourth-order valence-electron chi connectivity index (χ4n) is 2.23. The molecular formula is C12H9BrN2O4. The number of hydrogen-bond donors (Lipinski definition) is 1. The SMILES string of the molecule is O=C1CCC(n2c(=O)oc3cc(Br)ccc32)C(=O)N1. The van der Waals surface area contributed by atoms with Gasteiger partial charge < -0.3 is 4.42 Å². The zero-order valence-corrected chi connectivity index (χ0v) is 11.3. The second kappa shape index (κ2) is 4.34. The highest BCUT2D eigenvalue weighted by Crippen LogP contribution is 2.24. The molecule has 19 heavy (non-hydrogen) atoms. The van der Waals surface area contributed by atoms with Gasteiger partial charge in [-0.05, 0) is 24.6 Å². The molecule has 0 radical (unpaired) electrons. The van der Waals surface area contributed by atoms with Crippen molar-refractivity contribution >= 4 is 38.8 Å². The van der Waals surface area contributed by atoms with Crippen LogP contribution in [0.15, 0.2) is 31.9 Å². The highest BCUT2D eigenvalue weighted by molar-refractivity contribution is 9.10. The smallest absolute Gasteiger partial charge is 0.408 e. The van der Waals surface area contributed by atoms with Gasteiger partial charge in [-0.3, -0.25) is 19.5 Å². The fraction of sp³-hybridized carbons (Fsp3) is 0.250. The van der Waals surface area contributed by atoms with Gasteiger partial charge in [0.05, 0.1) is 5.52 Å². The van der Waals surface area contributed by atoms with Gasteiger partial charge in [-0.2, -0.15) is 0 Å². The molecule has 3 rings (SSSR count). The molecule has 98 valence electrons. The first kappa shape index (κ1) is 12.2. The van der Waals surface area contributed by atoms with Gasteiger partial charge in [0.25, 0.3) is 0 Å². The van der Waals surface area contributed by atoms with Crippen LogP contribution in [0.25, 0.3) is 11.1 Å². The Kier molecular flexibility index (Phi) is 2.78. The molecule has 7 heteroatoms. The molecule has 2 heterocycles. The number of fused-ring (bicyclic) bond motifs is 1. The van der Waals surface area contributed by atoms with E-state index in [-0.39, 0.29) is 12.3 Å². The first-order valence-corrected chi connectivity index (χ1v) is 6.50. The molecule has 1 saturated heterocycles. The normalized spacial score (nSPS) is 19.7. The Labute approximate surface area is 115 Å². The molecule has 2 amide bonds. The summed E-state index contributed by atoms with van der Waals surface area (Å²) in [6.45, 7) is 0. The summed E-state index contributed by atoms with van der Waals surface area (Å²) in [6.07, 6.45) is 0.515. The molecule has 0 spiro atoms. The van der Waals surface area contributed by atoms with E-state index in [1.165, 1.54) is 4.57 Å². The van der Waals surface area contributed by atoms with Crippen molar-refractivity contribution in [2.75, 3.05) is 0 Å². The van der Waals surface area contributed by atoms with E-state index < -0.39 is 17.7 Å². The van der Waals surface area contributed by atoms with Crippen LogP contribution in [-0.4, -0.2) is 16.4 Å². The number of imide groups is 1. The monoisotopic (exact) mass is 324 g/mol. The van der Waals surface area contributed by atoms with E-state index in [0.29, 0.717) is 17.5 Å². The Morgan fingerprint density at radius 1 is 1.32 bits per heavy atom. The van der Waals surface area contributed by atoms with Gasteiger partial charge in [0.1, 0.15) is 6.04 Å². The van der Waals surface area contributed by atoms with Crippen LogP contribution in [0.5, 0.6) is 0 Å². The van der Waals surface area contributed by atoms with Gasteiger partial charge in [-0.1, -0.05) is 15.9 Å². The predicted molar refractivity (Wildman–Crippen MR) is 69.6 cm³/mol. The van der Waals surface area contributed by atoms with Crippen molar-refractivity contribution in [3.63, 3.8) is 0 Å². The summed E-state index contributed by atoms with van der Waals surface area (Å²) in [5.74, 6) is -1.38. The van der Waals surface area contributed by atoms with Crippen LogP contribution < -0.4 is 11.1 Å². The minimum atomic E-state index is -0.701. The fourth-order valence-corrected chi connectivity index (χ4v) is 2.57. The molecule has 1 fully saturated rings. The van der Waals surface area contributed by atoms with Gasteiger partial charge >= 0.3 is 5.76 Å². The van der Waals surface area contributed by atoms with Gasteiger partial charge in [0, 0.05) is 10.9 Å². The third-order valence-electron chi connectivity index (χ3n) is 3.10. The first-order chi connectivity index (χ1) is 9.06. The molecule has 1 aliphatic rings. The number of aromatic nitrogens is 1. The number of rotatable bonds is 1. The Balaban J connectivity index is 2.15. The van der Waals surface area contributed by atoms with Crippen molar-refractivity contribution in [2.45, 2.75) is 18.9 Å². The number of carbonyl (C=O) groups is 2. The highest BCUT2D eigenvalue weighted by Gasteiger charge is 2.31. The van der Waals surface area contributed by atoms with Crippen molar-refractivity contribution < 1.29 is 14.0 Å². The second-order valence-corrected chi connectivity index (χ2v) is 5.23. The summed E-state index contributed by atoms with van der Waals surface area (Å²) in [6, 6.07) is 4.43. The van der Waals surface area contributed by atoms with E-state index in [1.54, 1.807) is 18.2 Å². The molecule has 1 aromatic carbocycles. The Morgan fingerprint density at radius 3 is 2.84 bits per heavy atom. The van der Waals surface area contributed by atoms with Crippen LogP contribution in [0.4, 0.5) is 0 Å². The number of halogens is 1. The van der Waals surface area contributed by atoms with Crippen molar-refractivity contribution in [3.8, 4) is 0 Å². The number of amides is 2. The summed E-state index contributed by atoms with van der Waals surface area (Å²) >= 11 is 3.29. The number of hydrogen-bond acceptors (Lipinski definition) is 4. The van der Waals surface area contributed by atoms with E-state index in [0.717, 1.165) is 4.47 Å². The molecule has 1 unspecified atom stereocenters. The quantitative estimate of drug-likeness (QED) is 0.802. The molecule has 1 aliphatic heterocycles. The van der Waals surface area contributed by atoms with Crippen LogP contribution in [0.1, 0.15) is 18.9 Å². The largest absolute Gasteiger partial charge is 0.420 e. The predicted octanol–water partition coefficient (Wildman–Crippen LogP) is 1.33. The molecule has 0 aliphatic carbocycles. The standard InChI is InChI=1S/C12H9BrN2O4/c13-6-1-2-7-9(5-6)19-12(18)15(7)8-3-4-10(16)14-11(8)17/h1-2,5,8H,3-4H2,(H,14,16,17). The second-order valence-electron chi connectivity index (χ2n) is 4.32. The molecule has 1 atom stereocenters. The van der Waals surface area contributed by atoms with E-state index in [1.807, 2.05) is 0 Å². The summed E-state index contributed by atoms with van der Waals surface area (Å²) in [5.41, 5.74) is 0.951. The number of carbonyl (C=O) groups excluding carboxylic acids is 2. The van der Waals surface area contributed by atoms with Gasteiger partial charge in [-0.25, -0.2) is 4.79 Å². The number of nitrogens with zero attached hydrogens (tertiary/aromatic N) is 1. The molecule has 6 nitrogen and oxygen atoms in total. The van der Waals surface area contributed by atoms with Gasteiger partial charge in [0.2, 0.25) is 11.8 Å². The van der Waals surface area contributed by atoms with Crippen LogP contribution in [-0.2, 0) is 9.59 Å². The van der Waals surface area contributed by atoms with Crippen LogP contribution in [0.2, 0.25) is 0 Å². The zero-order valence-electron chi connectivity index (χ0n) is 9.68. The van der Waals surface area contributed by atoms with E-state index in [9.17, 15) is 14.4 Å². The van der Waals surface area contributed by atoms with E-state index in [2.05, 4.69) is 21.2 Å². The number of oxazole rings is 1. The maximum Gasteiger partial charge on any atom is 0.420 e. The average molecular weight is 325 g/mol. The topological polar surface area (TPSA) is 81.3 Å². The lowest BCUT2D eigenvalue weighted by Gasteiger charge is -2.21. The summed E-state index contributed by atoms with van der Waals surface area (Å²) < 4.78 is 7.20. The third-order valence-corrected chi connectivity index (χ3v) is 3.59. The van der Waals surface area contributed by atoms with Crippen molar-refractivity contribution in [3.05, 3.63) is 33.2 Å². The lowest BCUT2D eigenvalue weighted by Crippen LogP contribution is -2.43. The molecule has 2 aromatic rings. The summed E-state index contributed by atoms with van der Waals surface area (Å²) in [4.78, 5) is 34.8. The van der Waals surface area contributed by atoms with Crippen molar-refractivity contribution in [2.24, 2.45) is 0 Å². The molecule has 0 saturated carbocycles. The Morgan fingerprint density at radius 2 is 2.11 bits per heavy atom. The lowest BCUT2D eigenvalue weighted by atomic mass is 10.1. The zero-order chi connectivity index (χ0) is 13.6. The molecule has 0 bridgehead atoms. The van der Waals surface area contributed by atoms with E-state index in [4.69, 9.17) is 4.42 Å². The minimum absolute atomic E-state index is 0.214. The maximum absolute atomic E-state index is 11.9. The lowest BCUT2D eigenvalue weighted by molar-refractivity contribution is -0.135. The van der Waals surface area contributed by atoms with E-state index >= 15 is 0 Å². The van der Waals surface area contributed by atoms with Crippen molar-refractivity contribution in [1.82, 2.24) is 9.88 Å². The van der Waals surface area contributed by atoms with Gasteiger partial charge in [0.15, 0.2) is 5.58 Å². The first-order valence-electron chi connectivity index (χ1n) is 5.70. The number of piperidine rings is 1. The van der Waals surface area contributed by atoms with Crippen LogP contribution >= 0.6 is 15.9 Å². The Bertz CT molecular complexity index is 746. The number of nitrogens with one attached hydrogen (secondary N) is 1. The maximum atomic E-state index is 11.9. The van der Waals surface area contributed by atoms with Crippen LogP contribution in [0, 0.1) is 0 Å². The van der Waals surface area contributed by atoms with Crippen LogP contribution in [0.3, 0.4) is 0 Å². The van der Waals surface area contributed by atoms with Crippen molar-refractivity contribution in [1.29, 1.82) is 0 Å². The highest BCUT2D eigenvalue weighted by atomic mass is 79.9. The summed E-state index contributed by atoms with van der Waals surface area (Å²) in [7, 11) is 0. The molecular weight excluding hydrogens is 316 g/mol. The number of benzene rings is 1. The Hall–Kier alpha value is -1.89. The molecule has 1 N–H and O–H groups in total. The van der Waals surface area contributed by atoms with Gasteiger partial charge in [-0.15, -0.1) is 0 Å². The average Bonchev–Trinajstić information content (AvgIpc) is 2.65. The third kappa shape index (κ3) is 1.99. The minimum Gasteiger partial charge on any atom is -0.408 e. The molecule has 1 aromatic heterocycles. The summed E-state index contributed by atoms with van der Waals surface area (Å²) in [5, 5.41) is 2.23.